The zero-order chi connectivity index (χ0) is 12.3. The van der Waals surface area contributed by atoms with Crippen LogP contribution >= 0.6 is 15.9 Å². The van der Waals surface area contributed by atoms with Gasteiger partial charge in [-0.2, -0.15) is 0 Å². The van der Waals surface area contributed by atoms with Gasteiger partial charge in [0.1, 0.15) is 0 Å². The van der Waals surface area contributed by atoms with E-state index in [1.807, 2.05) is 0 Å². The van der Waals surface area contributed by atoms with E-state index in [-0.39, 0.29) is 0 Å². The van der Waals surface area contributed by atoms with Gasteiger partial charge in [-0.1, -0.05) is 41.9 Å². The Morgan fingerprint density at radius 2 is 2.00 bits per heavy atom. The van der Waals surface area contributed by atoms with E-state index in [0.29, 0.717) is 0 Å². The number of hydrogen-bond acceptors (Lipinski definition) is 1. The van der Waals surface area contributed by atoms with Gasteiger partial charge >= 0.3 is 0 Å². The van der Waals surface area contributed by atoms with E-state index in [9.17, 15) is 0 Å². The standard InChI is InChI=1S/C15H22BrN/c1-12(2)14-6-8-17(9-7-14)11-13-4-3-5-15(16)10-13/h3-5,10,12,14H,6-9,11H2,1-2H3. The van der Waals surface area contributed by atoms with Crippen LogP contribution in [0.1, 0.15) is 32.3 Å². The highest BCUT2D eigenvalue weighted by Crippen LogP contribution is 2.25. The normalized spacial score (nSPS) is 18.8. The highest BCUT2D eigenvalue weighted by atomic mass is 79.9. The summed E-state index contributed by atoms with van der Waals surface area (Å²) in [6.45, 7) is 8.33. The molecule has 0 spiro atoms. The molecule has 0 N–H and O–H groups in total. The topological polar surface area (TPSA) is 3.24 Å². The van der Waals surface area contributed by atoms with E-state index in [0.717, 1.165) is 18.4 Å². The molecule has 1 saturated heterocycles. The molecule has 2 heteroatoms. The fourth-order valence-corrected chi connectivity index (χ4v) is 3.12. The van der Waals surface area contributed by atoms with Gasteiger partial charge in [0.2, 0.25) is 0 Å². The van der Waals surface area contributed by atoms with E-state index in [4.69, 9.17) is 0 Å². The molecule has 0 unspecified atom stereocenters. The van der Waals surface area contributed by atoms with Crippen molar-refractivity contribution in [3.8, 4) is 0 Å². The summed E-state index contributed by atoms with van der Waals surface area (Å²) in [5.41, 5.74) is 1.42. The second-order valence-corrected chi connectivity index (χ2v) is 6.40. The Morgan fingerprint density at radius 3 is 2.59 bits per heavy atom. The van der Waals surface area contributed by atoms with Crippen LogP contribution in [0, 0.1) is 11.8 Å². The lowest BCUT2D eigenvalue weighted by atomic mass is 9.86. The van der Waals surface area contributed by atoms with Gasteiger partial charge in [0.25, 0.3) is 0 Å². The summed E-state index contributed by atoms with van der Waals surface area (Å²) < 4.78 is 1.19. The molecule has 1 fully saturated rings. The molecule has 1 aromatic rings. The second kappa shape index (κ2) is 6.01. The van der Waals surface area contributed by atoms with Gasteiger partial charge in [-0.3, -0.25) is 4.90 Å². The predicted molar refractivity (Wildman–Crippen MR) is 77.0 cm³/mol. The third-order valence-electron chi connectivity index (χ3n) is 3.87. The average molecular weight is 296 g/mol. The molecule has 0 bridgehead atoms. The molecule has 2 rings (SSSR count). The highest BCUT2D eigenvalue weighted by Gasteiger charge is 2.21. The van der Waals surface area contributed by atoms with Crippen molar-refractivity contribution >= 4 is 15.9 Å². The van der Waals surface area contributed by atoms with Gasteiger partial charge in [0, 0.05) is 11.0 Å². The molecule has 0 atom stereocenters. The summed E-state index contributed by atoms with van der Waals surface area (Å²) in [5.74, 6) is 1.79. The summed E-state index contributed by atoms with van der Waals surface area (Å²) in [4.78, 5) is 2.58. The molecule has 0 aliphatic carbocycles. The van der Waals surface area contributed by atoms with Crippen molar-refractivity contribution in [3.63, 3.8) is 0 Å². The predicted octanol–water partition coefficient (Wildman–Crippen LogP) is 4.32. The first-order valence-corrected chi connectivity index (χ1v) is 7.41. The fourth-order valence-electron chi connectivity index (χ4n) is 2.67. The highest BCUT2D eigenvalue weighted by molar-refractivity contribution is 9.10. The lowest BCUT2D eigenvalue weighted by Gasteiger charge is -2.33. The maximum atomic E-state index is 3.54. The summed E-state index contributed by atoms with van der Waals surface area (Å²) >= 11 is 3.54. The smallest absolute Gasteiger partial charge is 0.0234 e. The van der Waals surface area contributed by atoms with Gasteiger partial charge in [-0.15, -0.1) is 0 Å². The number of hydrogen-bond donors (Lipinski definition) is 0. The maximum Gasteiger partial charge on any atom is 0.0234 e. The summed E-state index contributed by atoms with van der Waals surface area (Å²) in [6, 6.07) is 8.67. The molecule has 1 aliphatic rings. The number of likely N-dealkylation sites (tertiary alicyclic amines) is 1. The van der Waals surface area contributed by atoms with Crippen LogP contribution in [0.4, 0.5) is 0 Å². The van der Waals surface area contributed by atoms with Gasteiger partial charge in [-0.05, 0) is 55.5 Å². The molecular weight excluding hydrogens is 274 g/mol. The maximum absolute atomic E-state index is 3.54. The zero-order valence-electron chi connectivity index (χ0n) is 10.8. The molecule has 1 nitrogen and oxygen atoms in total. The van der Waals surface area contributed by atoms with Crippen LogP contribution in [0.25, 0.3) is 0 Å². The van der Waals surface area contributed by atoms with Crippen molar-refractivity contribution in [1.82, 2.24) is 4.90 Å². The van der Waals surface area contributed by atoms with Crippen molar-refractivity contribution in [1.29, 1.82) is 0 Å². The van der Waals surface area contributed by atoms with Gasteiger partial charge < -0.3 is 0 Å². The van der Waals surface area contributed by atoms with Crippen LogP contribution in [0.5, 0.6) is 0 Å². The molecule has 94 valence electrons. The van der Waals surface area contributed by atoms with Crippen LogP contribution < -0.4 is 0 Å². The molecule has 1 aromatic carbocycles. The largest absolute Gasteiger partial charge is 0.299 e. The van der Waals surface area contributed by atoms with Gasteiger partial charge in [0.05, 0.1) is 0 Å². The Bertz CT molecular complexity index is 354. The monoisotopic (exact) mass is 295 g/mol. The Balaban J connectivity index is 1.86. The molecule has 0 saturated carbocycles. The number of benzene rings is 1. The Kier molecular flexibility index (Phi) is 4.63. The first kappa shape index (κ1) is 13.1. The Labute approximate surface area is 113 Å². The molecule has 1 heterocycles. The quantitative estimate of drug-likeness (QED) is 0.803. The molecule has 1 aliphatic heterocycles. The zero-order valence-corrected chi connectivity index (χ0v) is 12.4. The van der Waals surface area contributed by atoms with E-state index in [2.05, 4.69) is 58.9 Å². The van der Waals surface area contributed by atoms with Crippen molar-refractivity contribution < 1.29 is 0 Å². The number of piperidine rings is 1. The molecular formula is C15H22BrN. The van der Waals surface area contributed by atoms with Crippen LogP contribution in [-0.2, 0) is 6.54 Å². The summed E-state index contributed by atoms with van der Waals surface area (Å²) in [6.07, 6.45) is 2.73. The second-order valence-electron chi connectivity index (χ2n) is 5.49. The molecule has 0 radical (unpaired) electrons. The lowest BCUT2D eigenvalue weighted by Crippen LogP contribution is -2.34. The van der Waals surface area contributed by atoms with Crippen molar-refractivity contribution in [3.05, 3.63) is 34.3 Å². The molecule has 0 aromatic heterocycles. The van der Waals surface area contributed by atoms with Gasteiger partial charge in [0.15, 0.2) is 0 Å². The van der Waals surface area contributed by atoms with E-state index in [1.165, 1.54) is 36.0 Å². The minimum Gasteiger partial charge on any atom is -0.299 e. The van der Waals surface area contributed by atoms with E-state index >= 15 is 0 Å². The van der Waals surface area contributed by atoms with Crippen LogP contribution in [0.2, 0.25) is 0 Å². The van der Waals surface area contributed by atoms with Crippen LogP contribution in [0.3, 0.4) is 0 Å². The Hall–Kier alpha value is -0.340. The van der Waals surface area contributed by atoms with Crippen molar-refractivity contribution in [2.24, 2.45) is 11.8 Å². The van der Waals surface area contributed by atoms with E-state index < -0.39 is 0 Å². The number of halogens is 1. The van der Waals surface area contributed by atoms with Gasteiger partial charge in [-0.25, -0.2) is 0 Å². The van der Waals surface area contributed by atoms with Crippen LogP contribution in [-0.4, -0.2) is 18.0 Å². The summed E-state index contributed by atoms with van der Waals surface area (Å²) in [7, 11) is 0. The van der Waals surface area contributed by atoms with Crippen molar-refractivity contribution in [2.75, 3.05) is 13.1 Å². The lowest BCUT2D eigenvalue weighted by molar-refractivity contribution is 0.152. The number of rotatable bonds is 3. The third kappa shape index (κ3) is 3.82. The minimum atomic E-state index is 0.850. The molecule has 0 amide bonds. The average Bonchev–Trinajstić information content (AvgIpc) is 2.29. The summed E-state index contributed by atoms with van der Waals surface area (Å²) in [5, 5.41) is 0. The number of nitrogens with zero attached hydrogens (tertiary/aromatic N) is 1. The SMILES string of the molecule is CC(C)C1CCN(Cc2cccc(Br)c2)CC1. The first-order valence-electron chi connectivity index (χ1n) is 6.62. The first-order chi connectivity index (χ1) is 8.15. The molecule has 17 heavy (non-hydrogen) atoms. The third-order valence-corrected chi connectivity index (χ3v) is 4.36. The Morgan fingerprint density at radius 1 is 1.29 bits per heavy atom. The minimum absolute atomic E-state index is 0.850. The van der Waals surface area contributed by atoms with E-state index in [1.54, 1.807) is 0 Å². The van der Waals surface area contributed by atoms with Crippen LogP contribution in [0.15, 0.2) is 28.7 Å². The van der Waals surface area contributed by atoms with Crippen molar-refractivity contribution in [2.45, 2.75) is 33.2 Å². The fraction of sp³-hybridized carbons (Fsp3) is 0.600.